The van der Waals surface area contributed by atoms with Crippen molar-refractivity contribution in [2.45, 2.75) is 56.3 Å². The Kier molecular flexibility index (Phi) is 7.20. The average Bonchev–Trinajstić information content (AvgIpc) is 3.53. The van der Waals surface area contributed by atoms with Gasteiger partial charge in [0.05, 0.1) is 23.0 Å². The molecule has 2 amide bonds. The van der Waals surface area contributed by atoms with Crippen molar-refractivity contribution in [2.75, 3.05) is 11.9 Å². The fourth-order valence-electron chi connectivity index (χ4n) is 5.13. The average molecular weight is 508 g/mol. The largest absolute Gasteiger partial charge is 0.360 e. The number of anilines is 1. The molecule has 2 aromatic heterocycles. The lowest BCUT2D eigenvalue weighted by Gasteiger charge is -2.31. The number of carbonyl (C=O) groups excluding carboxylic acids is 2. The Hall–Kier alpha value is -3.43. The van der Waals surface area contributed by atoms with Crippen molar-refractivity contribution < 1.29 is 9.59 Å². The summed E-state index contributed by atoms with van der Waals surface area (Å²) in [6.45, 7) is 4.04. The highest BCUT2D eigenvalue weighted by Gasteiger charge is 2.32. The monoisotopic (exact) mass is 507 g/mol. The molecule has 1 saturated carbocycles. The predicted molar refractivity (Wildman–Crippen MR) is 141 cm³/mol. The van der Waals surface area contributed by atoms with Gasteiger partial charge in [0.1, 0.15) is 0 Å². The lowest BCUT2D eigenvalue weighted by molar-refractivity contribution is -0.124. The number of hydrogen-bond donors (Lipinski definition) is 5. The van der Waals surface area contributed by atoms with Crippen molar-refractivity contribution in [3.63, 3.8) is 0 Å². The zero-order chi connectivity index (χ0) is 25.1. The maximum Gasteiger partial charge on any atom is 0.243 e. The quantitative estimate of drug-likeness (QED) is 0.313. The maximum absolute atomic E-state index is 12.8. The van der Waals surface area contributed by atoms with Crippen LogP contribution in [0.4, 0.5) is 5.95 Å². The number of H-pyrrole nitrogens is 1. The van der Waals surface area contributed by atoms with E-state index in [9.17, 15) is 9.59 Å². The second kappa shape index (κ2) is 10.7. The second-order valence-corrected chi connectivity index (χ2v) is 9.86. The van der Waals surface area contributed by atoms with E-state index in [1.807, 2.05) is 30.5 Å². The molecule has 1 aliphatic heterocycles. The molecule has 36 heavy (non-hydrogen) atoms. The highest BCUT2D eigenvalue weighted by atomic mass is 35.5. The Balaban J connectivity index is 1.20. The second-order valence-electron chi connectivity index (χ2n) is 9.46. The molecule has 4 atom stereocenters. The minimum Gasteiger partial charge on any atom is -0.360 e. The van der Waals surface area contributed by atoms with Gasteiger partial charge in [0.15, 0.2) is 0 Å². The Morgan fingerprint density at radius 1 is 1.11 bits per heavy atom. The molecule has 1 aliphatic carbocycles. The van der Waals surface area contributed by atoms with E-state index in [4.69, 9.17) is 16.6 Å². The van der Waals surface area contributed by atoms with Gasteiger partial charge in [-0.15, -0.1) is 0 Å². The van der Waals surface area contributed by atoms with Crippen molar-refractivity contribution in [1.82, 2.24) is 30.9 Å². The van der Waals surface area contributed by atoms with E-state index in [0.29, 0.717) is 29.6 Å². The number of carbonyl (C=O) groups is 2. The van der Waals surface area contributed by atoms with Crippen LogP contribution in [0.2, 0.25) is 5.02 Å². The summed E-state index contributed by atoms with van der Waals surface area (Å²) in [5.41, 5.74) is 2.63. The first-order valence-electron chi connectivity index (χ1n) is 12.3. The minimum atomic E-state index is -0.313. The summed E-state index contributed by atoms with van der Waals surface area (Å²) in [6, 6.07) is 7.84. The van der Waals surface area contributed by atoms with Gasteiger partial charge < -0.3 is 26.3 Å². The summed E-state index contributed by atoms with van der Waals surface area (Å²) >= 11 is 6.47. The van der Waals surface area contributed by atoms with Gasteiger partial charge >= 0.3 is 0 Å². The molecule has 0 bridgehead atoms. The van der Waals surface area contributed by atoms with Crippen LogP contribution < -0.4 is 21.3 Å². The van der Waals surface area contributed by atoms with Gasteiger partial charge in [-0.1, -0.05) is 36.4 Å². The molecule has 2 aliphatic rings. The van der Waals surface area contributed by atoms with Crippen molar-refractivity contribution in [3.8, 4) is 11.3 Å². The van der Waals surface area contributed by atoms with Gasteiger partial charge in [-0.05, 0) is 44.2 Å². The smallest absolute Gasteiger partial charge is 0.243 e. The summed E-state index contributed by atoms with van der Waals surface area (Å²) in [5, 5.41) is 14.2. The van der Waals surface area contributed by atoms with Crippen LogP contribution in [0, 0.1) is 0 Å². The van der Waals surface area contributed by atoms with Crippen molar-refractivity contribution in [3.05, 3.63) is 54.3 Å². The first-order valence-corrected chi connectivity index (χ1v) is 12.7. The van der Waals surface area contributed by atoms with Crippen LogP contribution >= 0.6 is 11.6 Å². The van der Waals surface area contributed by atoms with Gasteiger partial charge in [0, 0.05) is 47.3 Å². The van der Waals surface area contributed by atoms with Crippen LogP contribution in [0.5, 0.6) is 0 Å². The molecule has 1 saturated heterocycles. The zero-order valence-corrected chi connectivity index (χ0v) is 20.6. The van der Waals surface area contributed by atoms with E-state index in [1.165, 1.54) is 6.08 Å². The van der Waals surface area contributed by atoms with E-state index in [1.54, 1.807) is 6.20 Å². The number of hydrogen-bond acceptors (Lipinski definition) is 6. The third-order valence-corrected chi connectivity index (χ3v) is 7.20. The number of fused-ring (bicyclic) bond motifs is 1. The van der Waals surface area contributed by atoms with E-state index in [2.05, 4.69) is 37.8 Å². The summed E-state index contributed by atoms with van der Waals surface area (Å²) in [5.74, 6) is 0.275. The molecule has 5 N–H and O–H groups in total. The van der Waals surface area contributed by atoms with E-state index in [0.717, 1.165) is 42.1 Å². The van der Waals surface area contributed by atoms with Gasteiger partial charge in [-0.2, -0.15) is 0 Å². The topological polar surface area (TPSA) is 124 Å². The molecule has 4 unspecified atom stereocenters. The Morgan fingerprint density at radius 3 is 2.81 bits per heavy atom. The number of halogens is 1. The molecule has 0 spiro atoms. The molecule has 1 aromatic carbocycles. The fourth-order valence-corrected chi connectivity index (χ4v) is 5.33. The number of aromatic amines is 1. The molecule has 188 valence electrons. The summed E-state index contributed by atoms with van der Waals surface area (Å²) in [7, 11) is 0. The number of rotatable bonds is 7. The van der Waals surface area contributed by atoms with Crippen LogP contribution in [0.3, 0.4) is 0 Å². The Morgan fingerprint density at radius 2 is 1.94 bits per heavy atom. The van der Waals surface area contributed by atoms with E-state index in [-0.39, 0.29) is 36.0 Å². The highest BCUT2D eigenvalue weighted by molar-refractivity contribution is 6.33. The lowest BCUT2D eigenvalue weighted by Crippen LogP contribution is -2.48. The molecule has 3 heterocycles. The molecule has 5 rings (SSSR count). The van der Waals surface area contributed by atoms with Gasteiger partial charge in [-0.25, -0.2) is 9.97 Å². The first kappa shape index (κ1) is 24.3. The van der Waals surface area contributed by atoms with Crippen LogP contribution in [0.25, 0.3) is 22.2 Å². The predicted octanol–water partition coefficient (Wildman–Crippen LogP) is 3.15. The number of nitrogens with zero attached hydrogens (tertiary/aromatic N) is 2. The molecule has 10 heteroatoms. The Labute approximate surface area is 214 Å². The fraction of sp³-hybridized carbons (Fsp3) is 0.385. The van der Waals surface area contributed by atoms with Crippen LogP contribution in [0.15, 0.2) is 49.3 Å². The number of nitrogens with one attached hydrogen (secondary N) is 5. The van der Waals surface area contributed by atoms with Gasteiger partial charge in [0.25, 0.3) is 0 Å². The number of benzene rings is 1. The lowest BCUT2D eigenvalue weighted by atomic mass is 9.90. The summed E-state index contributed by atoms with van der Waals surface area (Å²) < 4.78 is 0. The van der Waals surface area contributed by atoms with Gasteiger partial charge in [-0.3, -0.25) is 9.59 Å². The molecule has 3 aromatic rings. The minimum absolute atomic E-state index is 0.0274. The third kappa shape index (κ3) is 5.37. The highest BCUT2D eigenvalue weighted by Crippen LogP contribution is 2.32. The van der Waals surface area contributed by atoms with Crippen LogP contribution in [-0.2, 0) is 9.59 Å². The number of aromatic nitrogens is 3. The Bertz CT molecular complexity index is 1280. The molecule has 0 radical (unpaired) electrons. The molecular formula is C26H30ClN7O2. The third-order valence-electron chi connectivity index (χ3n) is 6.92. The SMILES string of the molecule is C=CC(=O)NC1CNC(C(=O)NC2CCCC(Nc3ncc(Cl)c(-c4c[nH]c5ccccc45)n3)C2)C1. The maximum atomic E-state index is 12.8. The number of amides is 2. The van der Waals surface area contributed by atoms with E-state index >= 15 is 0 Å². The van der Waals surface area contributed by atoms with Crippen molar-refractivity contribution in [1.29, 1.82) is 0 Å². The number of para-hydroxylation sites is 1. The van der Waals surface area contributed by atoms with Gasteiger partial charge in [0.2, 0.25) is 17.8 Å². The molecular weight excluding hydrogens is 478 g/mol. The summed E-state index contributed by atoms with van der Waals surface area (Å²) in [4.78, 5) is 36.8. The standard InChI is InChI=1S/C26H30ClN7O2/c1-2-23(35)31-17-11-22(28-12-17)25(36)32-15-6-5-7-16(10-15)33-26-30-14-20(27)24(34-26)19-13-29-21-9-4-3-8-18(19)21/h2-4,8-9,13-17,22,28-29H,1,5-7,10-12H2,(H,31,35)(H,32,36)(H,30,33,34). The molecule has 9 nitrogen and oxygen atoms in total. The summed E-state index contributed by atoms with van der Waals surface area (Å²) in [6.07, 6.45) is 9.02. The van der Waals surface area contributed by atoms with Crippen LogP contribution in [-0.4, -0.2) is 57.5 Å². The first-order chi connectivity index (χ1) is 17.5. The normalized spacial score (nSPS) is 23.8. The zero-order valence-electron chi connectivity index (χ0n) is 19.9. The molecule has 2 fully saturated rings. The van der Waals surface area contributed by atoms with E-state index < -0.39 is 0 Å². The van der Waals surface area contributed by atoms with Crippen molar-refractivity contribution in [2.24, 2.45) is 0 Å². The van der Waals surface area contributed by atoms with Crippen molar-refractivity contribution >= 4 is 40.3 Å². The van der Waals surface area contributed by atoms with Crippen LogP contribution in [0.1, 0.15) is 32.1 Å².